The Morgan fingerprint density at radius 2 is 1.83 bits per heavy atom. The van der Waals surface area contributed by atoms with Gasteiger partial charge >= 0.3 is 5.97 Å². The molecule has 0 atom stereocenters. The highest BCUT2D eigenvalue weighted by Crippen LogP contribution is 2.20. The monoisotopic (exact) mass is 360 g/mol. The molecule has 0 bridgehead atoms. The zero-order valence-corrected chi connectivity index (χ0v) is 13.9. The summed E-state index contributed by atoms with van der Waals surface area (Å²) in [5.74, 6) is -1.55. The summed E-state index contributed by atoms with van der Waals surface area (Å²) in [6.45, 7) is 0. The van der Waals surface area contributed by atoms with Crippen LogP contribution in [-0.4, -0.2) is 22.1 Å². The average Bonchev–Trinajstić information content (AvgIpc) is 2.55. The van der Waals surface area contributed by atoms with Crippen LogP contribution in [0.3, 0.4) is 0 Å². The smallest absolute Gasteiger partial charge is 0.337 e. The fourth-order valence-electron chi connectivity index (χ4n) is 1.82. The zero-order chi connectivity index (χ0) is 17.5. The summed E-state index contributed by atoms with van der Waals surface area (Å²) < 4.78 is 0. The third-order valence-corrected chi connectivity index (χ3v) is 3.45. The molecule has 3 N–H and O–H groups in total. The molecule has 0 radical (unpaired) electrons. The SMILES string of the molecule is O=C(C=Cc1ccccc1)NC(=S)Nc1ccc(Cl)c(C(=O)O)c1. The molecule has 0 fully saturated rings. The topological polar surface area (TPSA) is 78.4 Å². The van der Waals surface area contributed by atoms with Crippen LogP contribution in [0.4, 0.5) is 5.69 Å². The Balaban J connectivity index is 1.96. The molecule has 0 unspecified atom stereocenters. The van der Waals surface area contributed by atoms with Crippen molar-refractivity contribution in [3.8, 4) is 0 Å². The first-order chi connectivity index (χ1) is 11.5. The molecule has 24 heavy (non-hydrogen) atoms. The van der Waals surface area contributed by atoms with Crippen LogP contribution < -0.4 is 10.6 Å². The Bertz CT molecular complexity index is 807. The molecule has 7 heteroatoms. The van der Waals surface area contributed by atoms with Crippen LogP contribution in [0, 0.1) is 0 Å². The molecule has 5 nitrogen and oxygen atoms in total. The fraction of sp³-hybridized carbons (Fsp3) is 0. The molecule has 0 aliphatic carbocycles. The molecule has 2 rings (SSSR count). The van der Waals surface area contributed by atoms with Crippen LogP contribution >= 0.6 is 23.8 Å². The summed E-state index contributed by atoms with van der Waals surface area (Å²) in [7, 11) is 0. The maximum Gasteiger partial charge on any atom is 0.337 e. The van der Waals surface area contributed by atoms with E-state index >= 15 is 0 Å². The summed E-state index contributed by atoms with van der Waals surface area (Å²) in [5, 5.41) is 14.4. The van der Waals surface area contributed by atoms with Gasteiger partial charge in [-0.2, -0.15) is 0 Å². The molecule has 0 aliphatic rings. The zero-order valence-electron chi connectivity index (χ0n) is 12.3. The van der Waals surface area contributed by atoms with E-state index in [4.69, 9.17) is 28.9 Å². The van der Waals surface area contributed by atoms with E-state index in [2.05, 4.69) is 10.6 Å². The standard InChI is InChI=1S/C17H13ClN2O3S/c18-14-8-7-12(10-13(14)16(22)23)19-17(24)20-15(21)9-6-11-4-2-1-3-5-11/h1-10H,(H,22,23)(H2,19,20,21,24). The predicted octanol–water partition coefficient (Wildman–Crippen LogP) is 3.56. The third-order valence-electron chi connectivity index (χ3n) is 2.92. The second-order valence-corrected chi connectivity index (χ2v) is 5.50. The van der Waals surface area contributed by atoms with Gasteiger partial charge < -0.3 is 10.4 Å². The first-order valence-electron chi connectivity index (χ1n) is 6.83. The van der Waals surface area contributed by atoms with E-state index in [1.807, 2.05) is 30.3 Å². The number of carboxylic acids is 1. The van der Waals surface area contributed by atoms with Crippen molar-refractivity contribution in [1.29, 1.82) is 0 Å². The van der Waals surface area contributed by atoms with Gasteiger partial charge in [-0.05, 0) is 42.1 Å². The number of rotatable bonds is 4. The lowest BCUT2D eigenvalue weighted by Gasteiger charge is -2.09. The number of amides is 1. The van der Waals surface area contributed by atoms with Crippen molar-refractivity contribution in [3.63, 3.8) is 0 Å². The first-order valence-corrected chi connectivity index (χ1v) is 7.62. The second kappa shape index (κ2) is 8.24. The van der Waals surface area contributed by atoms with Gasteiger partial charge in [0, 0.05) is 11.8 Å². The van der Waals surface area contributed by atoms with Crippen molar-refractivity contribution >= 4 is 52.6 Å². The number of anilines is 1. The molecule has 1 amide bonds. The number of hydrogen-bond acceptors (Lipinski definition) is 3. The number of aromatic carboxylic acids is 1. The number of carbonyl (C=O) groups excluding carboxylic acids is 1. The average molecular weight is 361 g/mol. The summed E-state index contributed by atoms with van der Waals surface area (Å²) in [6, 6.07) is 13.7. The molecule has 0 saturated carbocycles. The second-order valence-electron chi connectivity index (χ2n) is 4.69. The maximum atomic E-state index is 11.8. The number of benzene rings is 2. The Morgan fingerprint density at radius 1 is 1.12 bits per heavy atom. The van der Waals surface area contributed by atoms with E-state index in [0.29, 0.717) is 5.69 Å². The first kappa shape index (κ1) is 17.7. The van der Waals surface area contributed by atoms with Crippen LogP contribution in [0.1, 0.15) is 15.9 Å². The lowest BCUT2D eigenvalue weighted by Crippen LogP contribution is -2.32. The minimum absolute atomic E-state index is 0.0522. The van der Waals surface area contributed by atoms with Gasteiger partial charge in [-0.3, -0.25) is 10.1 Å². The summed E-state index contributed by atoms with van der Waals surface area (Å²) in [5.41, 5.74) is 1.24. The number of halogens is 1. The highest BCUT2D eigenvalue weighted by atomic mass is 35.5. The van der Waals surface area contributed by atoms with Gasteiger partial charge in [0.15, 0.2) is 5.11 Å². The van der Waals surface area contributed by atoms with E-state index in [1.54, 1.807) is 12.1 Å². The van der Waals surface area contributed by atoms with Crippen LogP contribution in [0.15, 0.2) is 54.6 Å². The van der Waals surface area contributed by atoms with Crippen molar-refractivity contribution in [2.24, 2.45) is 0 Å². The molecular formula is C17H13ClN2O3S. The number of carboxylic acid groups (broad SMARTS) is 1. The molecule has 0 saturated heterocycles. The number of carbonyl (C=O) groups is 2. The fourth-order valence-corrected chi connectivity index (χ4v) is 2.24. The number of nitrogens with one attached hydrogen (secondary N) is 2. The Kier molecular flexibility index (Phi) is 6.06. The molecule has 2 aromatic carbocycles. The van der Waals surface area contributed by atoms with Gasteiger partial charge in [0.2, 0.25) is 5.91 Å². The Labute approximate surface area is 149 Å². The summed E-state index contributed by atoms with van der Waals surface area (Å²) in [6.07, 6.45) is 3.01. The van der Waals surface area contributed by atoms with Gasteiger partial charge in [0.1, 0.15) is 0 Å². The van der Waals surface area contributed by atoms with Crippen LogP contribution in [0.2, 0.25) is 5.02 Å². The summed E-state index contributed by atoms with van der Waals surface area (Å²) in [4.78, 5) is 22.8. The highest BCUT2D eigenvalue weighted by molar-refractivity contribution is 7.80. The lowest BCUT2D eigenvalue weighted by atomic mass is 10.2. The van der Waals surface area contributed by atoms with Gasteiger partial charge in [-0.25, -0.2) is 4.79 Å². The number of hydrogen-bond donors (Lipinski definition) is 3. The minimum atomic E-state index is -1.15. The molecular weight excluding hydrogens is 348 g/mol. The largest absolute Gasteiger partial charge is 0.478 e. The van der Waals surface area contributed by atoms with E-state index < -0.39 is 11.9 Å². The molecule has 0 aliphatic heterocycles. The van der Waals surface area contributed by atoms with Crippen molar-refractivity contribution in [2.75, 3.05) is 5.32 Å². The van der Waals surface area contributed by atoms with Crippen LogP contribution in [0.5, 0.6) is 0 Å². The van der Waals surface area contributed by atoms with Crippen LogP contribution in [-0.2, 0) is 4.79 Å². The van der Waals surface area contributed by atoms with Gasteiger partial charge in [-0.15, -0.1) is 0 Å². The Morgan fingerprint density at radius 3 is 2.50 bits per heavy atom. The molecule has 0 spiro atoms. The molecule has 2 aromatic rings. The highest BCUT2D eigenvalue weighted by Gasteiger charge is 2.10. The van der Waals surface area contributed by atoms with Gasteiger partial charge in [0.05, 0.1) is 10.6 Å². The van der Waals surface area contributed by atoms with E-state index in [-0.39, 0.29) is 15.7 Å². The molecule has 0 aromatic heterocycles. The summed E-state index contributed by atoms with van der Waals surface area (Å²) >= 11 is 10.8. The van der Waals surface area contributed by atoms with Gasteiger partial charge in [-0.1, -0.05) is 41.9 Å². The molecule has 0 heterocycles. The van der Waals surface area contributed by atoms with Crippen molar-refractivity contribution in [2.45, 2.75) is 0 Å². The van der Waals surface area contributed by atoms with Crippen molar-refractivity contribution < 1.29 is 14.7 Å². The van der Waals surface area contributed by atoms with Crippen molar-refractivity contribution in [1.82, 2.24) is 5.32 Å². The quantitative estimate of drug-likeness (QED) is 0.574. The molecule has 122 valence electrons. The normalized spacial score (nSPS) is 10.4. The van der Waals surface area contributed by atoms with E-state index in [9.17, 15) is 9.59 Å². The van der Waals surface area contributed by atoms with E-state index in [0.717, 1.165) is 5.56 Å². The maximum absolute atomic E-state index is 11.8. The van der Waals surface area contributed by atoms with Crippen LogP contribution in [0.25, 0.3) is 6.08 Å². The number of thiocarbonyl (C=S) groups is 1. The minimum Gasteiger partial charge on any atom is -0.478 e. The predicted molar refractivity (Wildman–Crippen MR) is 98.3 cm³/mol. The Hall–Kier alpha value is -2.70. The van der Waals surface area contributed by atoms with Gasteiger partial charge in [0.25, 0.3) is 0 Å². The third kappa shape index (κ3) is 5.19. The van der Waals surface area contributed by atoms with E-state index in [1.165, 1.54) is 18.2 Å². The van der Waals surface area contributed by atoms with Crippen molar-refractivity contribution in [3.05, 3.63) is 70.8 Å². The lowest BCUT2D eigenvalue weighted by molar-refractivity contribution is -0.115.